The summed E-state index contributed by atoms with van der Waals surface area (Å²) in [6.45, 7) is 0.732. The van der Waals surface area contributed by atoms with Crippen LogP contribution in [0.4, 0.5) is 5.69 Å². The summed E-state index contributed by atoms with van der Waals surface area (Å²) in [5.41, 5.74) is 5.20. The van der Waals surface area contributed by atoms with Gasteiger partial charge in [-0.05, 0) is 48.0 Å². The Morgan fingerprint density at radius 3 is 2.65 bits per heavy atom. The van der Waals surface area contributed by atoms with Gasteiger partial charge < -0.3 is 14.7 Å². The summed E-state index contributed by atoms with van der Waals surface area (Å²) in [6, 6.07) is 22.6. The molecule has 1 unspecified atom stereocenters. The zero-order chi connectivity index (χ0) is 23.1. The molecule has 3 N–H and O–H groups in total. The lowest BCUT2D eigenvalue weighted by Gasteiger charge is -2.14. The molecule has 2 aromatic heterocycles. The number of aromatic nitrogens is 2. The van der Waals surface area contributed by atoms with E-state index in [9.17, 15) is 9.59 Å². The summed E-state index contributed by atoms with van der Waals surface area (Å²) < 4.78 is 5.81. The molecule has 7 nitrogen and oxygen atoms in total. The van der Waals surface area contributed by atoms with Crippen molar-refractivity contribution in [3.8, 4) is 11.5 Å². The SMILES string of the molecule is O=C1CC([NH2+]CCc2c[nH]c3ccccc23)C(=O)N1c1ccc(-c2nc3ccccc3o2)cc1. The maximum Gasteiger partial charge on any atom is 0.292 e. The fourth-order valence-electron chi connectivity index (χ4n) is 4.64. The van der Waals surface area contributed by atoms with E-state index >= 15 is 0 Å². The Morgan fingerprint density at radius 2 is 1.79 bits per heavy atom. The maximum absolute atomic E-state index is 13.0. The van der Waals surface area contributed by atoms with Crippen LogP contribution in [0.1, 0.15) is 12.0 Å². The average Bonchev–Trinajstić information content (AvgIpc) is 3.55. The number of para-hydroxylation sites is 3. The standard InChI is InChI=1S/C27H22N4O3/c32-25-15-23(28-14-13-18-16-29-21-6-2-1-5-20(18)21)27(33)31(25)19-11-9-17(10-12-19)26-30-22-7-3-4-8-24(22)34-26/h1-12,16,23,28-29H,13-15H2/p+1. The number of nitrogens with zero attached hydrogens (tertiary/aromatic N) is 2. The summed E-state index contributed by atoms with van der Waals surface area (Å²) in [7, 11) is 0. The lowest BCUT2D eigenvalue weighted by atomic mass is 10.1. The number of H-pyrrole nitrogens is 1. The van der Waals surface area contributed by atoms with Crippen LogP contribution < -0.4 is 10.2 Å². The number of amides is 2. The van der Waals surface area contributed by atoms with Crippen molar-refractivity contribution >= 4 is 39.5 Å². The number of quaternary nitrogens is 1. The molecule has 3 aromatic carbocycles. The van der Waals surface area contributed by atoms with E-state index in [1.807, 2.05) is 60.0 Å². The van der Waals surface area contributed by atoms with Gasteiger partial charge in [0.05, 0.1) is 18.7 Å². The topological polar surface area (TPSA) is 95.8 Å². The minimum atomic E-state index is -0.394. The molecule has 1 saturated heterocycles. The van der Waals surface area contributed by atoms with Gasteiger partial charge in [-0.25, -0.2) is 9.88 Å². The zero-order valence-electron chi connectivity index (χ0n) is 18.4. The van der Waals surface area contributed by atoms with Gasteiger partial charge in [-0.2, -0.15) is 0 Å². The summed E-state index contributed by atoms with van der Waals surface area (Å²) >= 11 is 0. The first-order valence-corrected chi connectivity index (χ1v) is 11.4. The van der Waals surface area contributed by atoms with Crippen molar-refractivity contribution in [2.24, 2.45) is 0 Å². The number of aromatic amines is 1. The molecule has 6 rings (SSSR count). The van der Waals surface area contributed by atoms with Crippen LogP contribution in [0.5, 0.6) is 0 Å². The number of benzene rings is 3. The second-order valence-electron chi connectivity index (χ2n) is 8.55. The van der Waals surface area contributed by atoms with Crippen molar-refractivity contribution in [3.05, 3.63) is 84.6 Å². The number of rotatable bonds is 6. The van der Waals surface area contributed by atoms with Gasteiger partial charge in [0.25, 0.3) is 5.91 Å². The van der Waals surface area contributed by atoms with E-state index in [0.717, 1.165) is 35.1 Å². The Balaban J connectivity index is 1.13. The van der Waals surface area contributed by atoms with Gasteiger partial charge in [0.1, 0.15) is 5.52 Å². The van der Waals surface area contributed by atoms with Crippen LogP contribution in [0.2, 0.25) is 0 Å². The third-order valence-electron chi connectivity index (χ3n) is 6.39. The predicted molar refractivity (Wildman–Crippen MR) is 129 cm³/mol. The number of carbonyl (C=O) groups is 2. The monoisotopic (exact) mass is 451 g/mol. The number of imide groups is 1. The van der Waals surface area contributed by atoms with Gasteiger partial charge in [0, 0.05) is 29.1 Å². The van der Waals surface area contributed by atoms with Gasteiger partial charge in [-0.3, -0.25) is 9.59 Å². The van der Waals surface area contributed by atoms with E-state index in [2.05, 4.69) is 22.1 Å². The van der Waals surface area contributed by atoms with Gasteiger partial charge in [-0.1, -0.05) is 30.3 Å². The number of anilines is 1. The highest BCUT2D eigenvalue weighted by molar-refractivity contribution is 6.21. The highest BCUT2D eigenvalue weighted by atomic mass is 16.3. The molecule has 3 heterocycles. The molecule has 2 amide bonds. The second kappa shape index (κ2) is 8.28. The van der Waals surface area contributed by atoms with Crippen molar-refractivity contribution in [2.45, 2.75) is 18.9 Å². The Hall–Kier alpha value is -4.23. The highest BCUT2D eigenvalue weighted by Crippen LogP contribution is 2.28. The summed E-state index contributed by atoms with van der Waals surface area (Å²) in [5, 5.41) is 3.18. The molecule has 1 fully saturated rings. The first-order chi connectivity index (χ1) is 16.7. The Kier molecular flexibility index (Phi) is 4.96. The van der Waals surface area contributed by atoms with Crippen molar-refractivity contribution in [2.75, 3.05) is 11.4 Å². The van der Waals surface area contributed by atoms with Crippen LogP contribution >= 0.6 is 0 Å². The molecule has 0 aliphatic carbocycles. The number of oxazole rings is 1. The van der Waals surface area contributed by atoms with Crippen molar-refractivity contribution in [3.63, 3.8) is 0 Å². The van der Waals surface area contributed by atoms with Crippen molar-refractivity contribution in [1.82, 2.24) is 9.97 Å². The van der Waals surface area contributed by atoms with Crippen LogP contribution in [0, 0.1) is 0 Å². The molecule has 0 saturated carbocycles. The number of carbonyl (C=O) groups excluding carboxylic acids is 2. The fraction of sp³-hybridized carbons (Fsp3) is 0.148. The van der Waals surface area contributed by atoms with Gasteiger partial charge >= 0.3 is 0 Å². The average molecular weight is 452 g/mol. The van der Waals surface area contributed by atoms with E-state index < -0.39 is 6.04 Å². The number of fused-ring (bicyclic) bond motifs is 2. The second-order valence-corrected chi connectivity index (χ2v) is 8.55. The normalized spacial score (nSPS) is 16.2. The predicted octanol–water partition coefficient (Wildman–Crippen LogP) is 3.41. The van der Waals surface area contributed by atoms with E-state index in [1.54, 1.807) is 12.1 Å². The lowest BCUT2D eigenvalue weighted by Crippen LogP contribution is -2.92. The third kappa shape index (κ3) is 3.56. The van der Waals surface area contributed by atoms with Crippen LogP contribution in [0.25, 0.3) is 33.5 Å². The molecule has 34 heavy (non-hydrogen) atoms. The zero-order valence-corrected chi connectivity index (χ0v) is 18.4. The molecular weight excluding hydrogens is 428 g/mol. The summed E-state index contributed by atoms with van der Waals surface area (Å²) in [6.07, 6.45) is 3.05. The first-order valence-electron chi connectivity index (χ1n) is 11.4. The van der Waals surface area contributed by atoms with Gasteiger partial charge in [-0.15, -0.1) is 0 Å². The molecule has 0 radical (unpaired) electrons. The Bertz CT molecular complexity index is 1480. The quantitative estimate of drug-likeness (QED) is 0.387. The number of nitrogens with two attached hydrogens (primary N) is 1. The lowest BCUT2D eigenvalue weighted by molar-refractivity contribution is -0.674. The van der Waals surface area contributed by atoms with Crippen LogP contribution in [0.3, 0.4) is 0 Å². The number of nitrogens with one attached hydrogen (secondary N) is 1. The molecule has 0 bridgehead atoms. The minimum Gasteiger partial charge on any atom is -0.436 e. The van der Waals surface area contributed by atoms with Gasteiger partial charge in [0.2, 0.25) is 11.8 Å². The highest BCUT2D eigenvalue weighted by Gasteiger charge is 2.42. The van der Waals surface area contributed by atoms with Crippen molar-refractivity contribution < 1.29 is 19.3 Å². The smallest absolute Gasteiger partial charge is 0.292 e. The number of hydrogen-bond acceptors (Lipinski definition) is 4. The summed E-state index contributed by atoms with van der Waals surface area (Å²) in [4.78, 5) is 34.8. The maximum atomic E-state index is 13.0. The molecule has 1 atom stereocenters. The molecule has 168 valence electrons. The van der Waals surface area contributed by atoms with E-state index in [-0.39, 0.29) is 18.2 Å². The summed E-state index contributed by atoms with van der Waals surface area (Å²) in [5.74, 6) is 0.168. The molecule has 1 aliphatic rings. The van der Waals surface area contributed by atoms with Crippen LogP contribution in [-0.4, -0.2) is 34.4 Å². The molecule has 5 aromatic rings. The largest absolute Gasteiger partial charge is 0.436 e. The van der Waals surface area contributed by atoms with E-state index in [1.165, 1.54) is 15.8 Å². The molecule has 7 heteroatoms. The van der Waals surface area contributed by atoms with Crippen LogP contribution in [-0.2, 0) is 16.0 Å². The molecule has 1 aliphatic heterocycles. The van der Waals surface area contributed by atoms with Gasteiger partial charge in [0.15, 0.2) is 11.6 Å². The van der Waals surface area contributed by atoms with E-state index in [0.29, 0.717) is 11.6 Å². The molecule has 0 spiro atoms. The van der Waals surface area contributed by atoms with E-state index in [4.69, 9.17) is 4.42 Å². The first kappa shape index (κ1) is 20.4. The van der Waals surface area contributed by atoms with Crippen molar-refractivity contribution in [1.29, 1.82) is 0 Å². The minimum absolute atomic E-state index is 0.168. The Morgan fingerprint density at radius 1 is 1.00 bits per heavy atom. The van der Waals surface area contributed by atoms with Crippen LogP contribution in [0.15, 0.2) is 83.4 Å². The number of hydrogen-bond donors (Lipinski definition) is 2. The Labute approximate surface area is 195 Å². The third-order valence-corrected chi connectivity index (χ3v) is 6.39. The molecular formula is C27H23N4O3+. The fourth-order valence-corrected chi connectivity index (χ4v) is 4.64.